The first-order valence-corrected chi connectivity index (χ1v) is 10.2. The van der Waals surface area contributed by atoms with E-state index in [1.54, 1.807) is 30.9 Å². The van der Waals surface area contributed by atoms with E-state index in [0.717, 1.165) is 24.9 Å². The number of aromatic nitrogens is 4. The van der Waals surface area contributed by atoms with Gasteiger partial charge in [-0.05, 0) is 43.1 Å². The first-order chi connectivity index (χ1) is 14.7. The van der Waals surface area contributed by atoms with E-state index in [1.165, 1.54) is 6.20 Å². The molecule has 3 aromatic heterocycles. The fourth-order valence-corrected chi connectivity index (χ4v) is 3.48. The molecule has 9 heteroatoms. The normalized spacial score (nSPS) is 16.1. The second-order valence-corrected chi connectivity index (χ2v) is 7.49. The average Bonchev–Trinajstić information content (AvgIpc) is 2.80. The highest BCUT2D eigenvalue weighted by molar-refractivity contribution is 6.33. The predicted octanol–water partition coefficient (Wildman–Crippen LogP) is 3.14. The van der Waals surface area contributed by atoms with Crippen LogP contribution in [0.5, 0.6) is 0 Å². The van der Waals surface area contributed by atoms with E-state index in [0.29, 0.717) is 41.0 Å². The van der Waals surface area contributed by atoms with Crippen LogP contribution in [0, 0.1) is 5.92 Å². The molecule has 30 heavy (non-hydrogen) atoms. The molecule has 0 unspecified atom stereocenters. The van der Waals surface area contributed by atoms with E-state index in [9.17, 15) is 4.79 Å². The number of anilines is 2. The van der Waals surface area contributed by atoms with Crippen LogP contribution in [0.1, 0.15) is 18.4 Å². The van der Waals surface area contributed by atoms with Crippen molar-refractivity contribution >= 4 is 29.1 Å². The minimum Gasteiger partial charge on any atom is -0.365 e. The van der Waals surface area contributed by atoms with E-state index >= 15 is 0 Å². The summed E-state index contributed by atoms with van der Waals surface area (Å²) < 4.78 is 0. The molecule has 0 aromatic carbocycles. The lowest BCUT2D eigenvalue weighted by Gasteiger charge is -2.21. The van der Waals surface area contributed by atoms with Crippen LogP contribution in [-0.4, -0.2) is 38.9 Å². The predicted molar refractivity (Wildman–Crippen MR) is 116 cm³/mol. The summed E-state index contributed by atoms with van der Waals surface area (Å²) in [4.78, 5) is 29.6. The molecule has 1 aliphatic rings. The monoisotopic (exact) mass is 423 g/mol. The van der Waals surface area contributed by atoms with Crippen LogP contribution in [0.3, 0.4) is 0 Å². The Morgan fingerprint density at radius 3 is 2.83 bits per heavy atom. The summed E-state index contributed by atoms with van der Waals surface area (Å²) in [6.45, 7) is 2.24. The lowest BCUT2D eigenvalue weighted by Crippen LogP contribution is -2.37. The van der Waals surface area contributed by atoms with Gasteiger partial charge in [0.15, 0.2) is 0 Å². The molecule has 154 valence electrons. The number of nitrogens with one attached hydrogen (secondary N) is 3. The van der Waals surface area contributed by atoms with Crippen LogP contribution >= 0.6 is 11.6 Å². The van der Waals surface area contributed by atoms with Crippen molar-refractivity contribution in [2.75, 3.05) is 23.7 Å². The number of amides is 1. The number of piperidine rings is 1. The highest BCUT2D eigenvalue weighted by Crippen LogP contribution is 2.28. The molecule has 4 rings (SSSR count). The molecule has 0 bridgehead atoms. The molecular formula is C21H22ClN7O. The van der Waals surface area contributed by atoms with Gasteiger partial charge in [-0.1, -0.05) is 11.6 Å². The van der Waals surface area contributed by atoms with E-state index < -0.39 is 0 Å². The summed E-state index contributed by atoms with van der Waals surface area (Å²) in [6.07, 6.45) is 10.2. The Labute approximate surface area is 179 Å². The quantitative estimate of drug-likeness (QED) is 0.559. The molecule has 3 N–H and O–H groups in total. The van der Waals surface area contributed by atoms with Crippen molar-refractivity contribution in [3.8, 4) is 11.3 Å². The molecule has 1 atom stereocenters. The van der Waals surface area contributed by atoms with Gasteiger partial charge in [0.25, 0.3) is 0 Å². The van der Waals surface area contributed by atoms with Crippen LogP contribution in [0.15, 0.2) is 49.2 Å². The summed E-state index contributed by atoms with van der Waals surface area (Å²) >= 11 is 6.36. The second kappa shape index (κ2) is 9.60. The zero-order chi connectivity index (χ0) is 20.8. The molecule has 1 amide bonds. The maximum Gasteiger partial charge on any atom is 0.229 e. The van der Waals surface area contributed by atoms with Crippen molar-refractivity contribution in [3.05, 3.63) is 59.8 Å². The number of carbonyl (C=O) groups excluding carboxylic acids is 1. The van der Waals surface area contributed by atoms with Gasteiger partial charge < -0.3 is 16.0 Å². The van der Waals surface area contributed by atoms with Gasteiger partial charge in [0.05, 0.1) is 29.0 Å². The lowest BCUT2D eigenvalue weighted by atomic mass is 9.99. The smallest absolute Gasteiger partial charge is 0.229 e. The molecule has 0 aliphatic carbocycles. The summed E-state index contributed by atoms with van der Waals surface area (Å²) in [5, 5.41) is 9.82. The van der Waals surface area contributed by atoms with Crippen molar-refractivity contribution in [2.24, 2.45) is 5.92 Å². The zero-order valence-corrected chi connectivity index (χ0v) is 17.1. The van der Waals surface area contributed by atoms with E-state index in [2.05, 4.69) is 35.9 Å². The number of hydrogen-bond donors (Lipinski definition) is 3. The van der Waals surface area contributed by atoms with Crippen LogP contribution in [0.25, 0.3) is 11.3 Å². The zero-order valence-electron chi connectivity index (χ0n) is 16.3. The van der Waals surface area contributed by atoms with Crippen molar-refractivity contribution in [1.82, 2.24) is 25.3 Å². The second-order valence-electron chi connectivity index (χ2n) is 7.08. The third-order valence-electron chi connectivity index (χ3n) is 4.91. The molecule has 1 saturated heterocycles. The lowest BCUT2D eigenvalue weighted by molar-refractivity contribution is -0.120. The summed E-state index contributed by atoms with van der Waals surface area (Å²) in [5.41, 5.74) is 2.34. The number of carbonyl (C=O) groups is 1. The molecule has 1 fully saturated rings. The van der Waals surface area contributed by atoms with Crippen LogP contribution in [0.2, 0.25) is 5.02 Å². The van der Waals surface area contributed by atoms with Gasteiger partial charge in [0.2, 0.25) is 5.91 Å². The molecule has 4 heterocycles. The third kappa shape index (κ3) is 5.08. The summed E-state index contributed by atoms with van der Waals surface area (Å²) in [7, 11) is 0. The van der Waals surface area contributed by atoms with E-state index in [1.807, 2.05) is 12.1 Å². The summed E-state index contributed by atoms with van der Waals surface area (Å²) in [6, 6.07) is 5.59. The maximum absolute atomic E-state index is 12.5. The topological polar surface area (TPSA) is 105 Å². The Morgan fingerprint density at radius 2 is 2.03 bits per heavy atom. The van der Waals surface area contributed by atoms with Gasteiger partial charge in [-0.2, -0.15) is 0 Å². The first-order valence-electron chi connectivity index (χ1n) is 9.81. The first kappa shape index (κ1) is 20.2. The molecule has 8 nitrogen and oxygen atoms in total. The number of hydrogen-bond acceptors (Lipinski definition) is 7. The Kier molecular flexibility index (Phi) is 6.46. The molecule has 0 saturated carbocycles. The van der Waals surface area contributed by atoms with Crippen LogP contribution in [0.4, 0.5) is 11.6 Å². The molecular weight excluding hydrogens is 402 g/mol. The highest BCUT2D eigenvalue weighted by Gasteiger charge is 2.21. The SMILES string of the molecule is O=C(Nc1cc(-c2cncc(NCc3ccncc3)n2)c(Cl)cn1)[C@@H]1CCCNC1. The van der Waals surface area contributed by atoms with Crippen LogP contribution in [-0.2, 0) is 11.3 Å². The van der Waals surface area contributed by atoms with Gasteiger partial charge in [-0.15, -0.1) is 0 Å². The van der Waals surface area contributed by atoms with Crippen molar-refractivity contribution in [2.45, 2.75) is 19.4 Å². The van der Waals surface area contributed by atoms with Gasteiger partial charge in [0.1, 0.15) is 11.6 Å². The van der Waals surface area contributed by atoms with Crippen LogP contribution < -0.4 is 16.0 Å². The number of pyridine rings is 2. The Bertz CT molecular complexity index is 1010. The molecule has 3 aromatic rings. The maximum atomic E-state index is 12.5. The fourth-order valence-electron chi connectivity index (χ4n) is 3.28. The summed E-state index contributed by atoms with van der Waals surface area (Å²) in [5.74, 6) is 0.972. The van der Waals surface area contributed by atoms with Gasteiger partial charge >= 0.3 is 0 Å². The minimum absolute atomic E-state index is 0.0400. The van der Waals surface area contributed by atoms with E-state index in [4.69, 9.17) is 11.6 Å². The van der Waals surface area contributed by atoms with Crippen molar-refractivity contribution in [3.63, 3.8) is 0 Å². The van der Waals surface area contributed by atoms with Gasteiger partial charge in [0, 0.05) is 37.2 Å². The molecule has 0 radical (unpaired) electrons. The van der Waals surface area contributed by atoms with Crippen molar-refractivity contribution < 1.29 is 4.79 Å². The highest BCUT2D eigenvalue weighted by atomic mass is 35.5. The van der Waals surface area contributed by atoms with Gasteiger partial charge in [-0.25, -0.2) is 9.97 Å². The number of nitrogens with zero attached hydrogens (tertiary/aromatic N) is 4. The standard InChI is InChI=1S/C21H22ClN7O/c22-17-11-27-19(29-21(30)15-2-1-5-24-10-15)8-16(17)18-12-25-13-20(28-18)26-9-14-3-6-23-7-4-14/h3-4,6-8,11-13,15,24H,1-2,5,9-10H2,(H,26,28)(H,27,29,30)/t15-/m1/s1. The molecule has 1 aliphatic heterocycles. The molecule has 0 spiro atoms. The minimum atomic E-state index is -0.0554. The third-order valence-corrected chi connectivity index (χ3v) is 5.21. The van der Waals surface area contributed by atoms with Crippen molar-refractivity contribution in [1.29, 1.82) is 0 Å². The van der Waals surface area contributed by atoms with E-state index in [-0.39, 0.29) is 11.8 Å². The fraction of sp³-hybridized carbons (Fsp3) is 0.286. The number of rotatable bonds is 6. The van der Waals surface area contributed by atoms with Gasteiger partial charge in [-0.3, -0.25) is 14.8 Å². The largest absolute Gasteiger partial charge is 0.365 e. The average molecular weight is 424 g/mol. The Balaban J connectivity index is 1.49. The number of halogens is 1. The Morgan fingerprint density at radius 1 is 1.17 bits per heavy atom. The Hall–Kier alpha value is -3.10.